The third kappa shape index (κ3) is 4.48. The van der Waals surface area contributed by atoms with Crippen molar-refractivity contribution in [2.45, 2.75) is 13.2 Å². The summed E-state index contributed by atoms with van der Waals surface area (Å²) in [5.41, 5.74) is 6.66. The van der Waals surface area contributed by atoms with Gasteiger partial charge in [-0.2, -0.15) is 8.78 Å². The third-order valence-electron chi connectivity index (χ3n) is 3.06. The minimum Gasteiger partial charge on any atom is -0.496 e. The van der Waals surface area contributed by atoms with E-state index in [4.69, 9.17) is 26.8 Å². The lowest BCUT2D eigenvalue weighted by molar-refractivity contribution is -0.0498. The molecule has 0 spiro atoms. The van der Waals surface area contributed by atoms with Crippen LogP contribution in [0.25, 0.3) is 0 Å². The van der Waals surface area contributed by atoms with Gasteiger partial charge in [-0.3, -0.25) is 0 Å². The standard InChI is InChI=1S/C16H14ClF2NO4/c1-22-14-7-13(20)12(17)6-11(14)15(21)23-8-9-2-4-10(5-3-9)24-16(18)19/h2-7,16H,8,20H2,1H3. The molecule has 0 saturated carbocycles. The predicted molar refractivity (Wildman–Crippen MR) is 84.6 cm³/mol. The molecule has 2 aromatic rings. The number of esters is 1. The second-order valence-corrected chi connectivity index (χ2v) is 5.08. The zero-order chi connectivity index (χ0) is 17.7. The molecular weight excluding hydrogens is 344 g/mol. The summed E-state index contributed by atoms with van der Waals surface area (Å²) in [4.78, 5) is 12.1. The molecule has 0 atom stereocenters. The Balaban J connectivity index is 2.04. The van der Waals surface area contributed by atoms with E-state index in [2.05, 4.69) is 4.74 Å². The Hall–Kier alpha value is -2.54. The first kappa shape index (κ1) is 17.8. The quantitative estimate of drug-likeness (QED) is 0.627. The SMILES string of the molecule is COc1cc(N)c(Cl)cc1C(=O)OCc1ccc(OC(F)F)cc1. The van der Waals surface area contributed by atoms with E-state index in [1.54, 1.807) is 0 Å². The van der Waals surface area contributed by atoms with Crippen LogP contribution >= 0.6 is 11.6 Å². The summed E-state index contributed by atoms with van der Waals surface area (Å²) in [5.74, 6) is -0.392. The number of nitrogen functional groups attached to an aromatic ring is 1. The van der Waals surface area contributed by atoms with Crippen molar-refractivity contribution >= 4 is 23.3 Å². The first-order valence-corrected chi connectivity index (χ1v) is 7.12. The van der Waals surface area contributed by atoms with Crippen molar-refractivity contribution < 1.29 is 27.8 Å². The lowest BCUT2D eigenvalue weighted by Gasteiger charge is -2.11. The van der Waals surface area contributed by atoms with Crippen LogP contribution in [0.5, 0.6) is 11.5 Å². The summed E-state index contributed by atoms with van der Waals surface area (Å²) >= 11 is 5.90. The molecule has 8 heteroatoms. The van der Waals surface area contributed by atoms with Crippen molar-refractivity contribution in [2.75, 3.05) is 12.8 Å². The van der Waals surface area contributed by atoms with Gasteiger partial charge in [0.05, 0.1) is 17.8 Å². The van der Waals surface area contributed by atoms with Gasteiger partial charge in [0.15, 0.2) is 0 Å². The Morgan fingerprint density at radius 2 is 1.92 bits per heavy atom. The molecule has 0 aliphatic heterocycles. The summed E-state index contributed by atoms with van der Waals surface area (Å²) in [6.07, 6.45) is 0. The van der Waals surface area contributed by atoms with Crippen LogP contribution in [0.3, 0.4) is 0 Å². The summed E-state index contributed by atoms with van der Waals surface area (Å²) < 4.78 is 38.6. The molecule has 0 amide bonds. The van der Waals surface area contributed by atoms with Crippen LogP contribution < -0.4 is 15.2 Å². The van der Waals surface area contributed by atoms with E-state index in [-0.39, 0.29) is 34.4 Å². The van der Waals surface area contributed by atoms with Crippen LogP contribution in [0.4, 0.5) is 14.5 Å². The third-order valence-corrected chi connectivity index (χ3v) is 3.38. The van der Waals surface area contributed by atoms with E-state index >= 15 is 0 Å². The number of carbonyl (C=O) groups excluding carboxylic acids is 1. The Bertz CT molecular complexity index is 723. The summed E-state index contributed by atoms with van der Waals surface area (Å²) in [6.45, 7) is -2.95. The summed E-state index contributed by atoms with van der Waals surface area (Å²) in [7, 11) is 1.39. The van der Waals surface area contributed by atoms with Gasteiger partial charge in [0.25, 0.3) is 0 Å². The predicted octanol–water partition coefficient (Wildman–Crippen LogP) is 3.89. The fourth-order valence-corrected chi connectivity index (χ4v) is 2.05. The molecule has 2 rings (SSSR count). The molecule has 2 aromatic carbocycles. The number of carbonyl (C=O) groups is 1. The van der Waals surface area contributed by atoms with E-state index in [1.807, 2.05) is 0 Å². The van der Waals surface area contributed by atoms with Gasteiger partial charge in [-0.05, 0) is 23.8 Å². The second-order valence-electron chi connectivity index (χ2n) is 4.67. The number of methoxy groups -OCH3 is 1. The average Bonchev–Trinajstić information content (AvgIpc) is 2.55. The van der Waals surface area contributed by atoms with Gasteiger partial charge in [-0.25, -0.2) is 4.79 Å². The number of halogens is 3. The molecule has 24 heavy (non-hydrogen) atoms. The molecule has 5 nitrogen and oxygen atoms in total. The Morgan fingerprint density at radius 3 is 2.50 bits per heavy atom. The number of ether oxygens (including phenoxy) is 3. The van der Waals surface area contributed by atoms with Gasteiger partial charge in [0.1, 0.15) is 23.7 Å². The van der Waals surface area contributed by atoms with Crippen molar-refractivity contribution in [3.05, 3.63) is 52.5 Å². The maximum atomic E-state index is 12.1. The van der Waals surface area contributed by atoms with Gasteiger partial charge in [0, 0.05) is 6.07 Å². The zero-order valence-corrected chi connectivity index (χ0v) is 13.3. The summed E-state index contributed by atoms with van der Waals surface area (Å²) in [6, 6.07) is 8.52. The molecule has 0 aromatic heterocycles. The number of anilines is 1. The van der Waals surface area contributed by atoms with Crippen molar-refractivity contribution in [3.8, 4) is 11.5 Å². The largest absolute Gasteiger partial charge is 0.496 e. The highest BCUT2D eigenvalue weighted by atomic mass is 35.5. The molecule has 0 unspecified atom stereocenters. The number of alkyl halides is 2. The zero-order valence-electron chi connectivity index (χ0n) is 12.6. The number of hydrogen-bond acceptors (Lipinski definition) is 5. The molecule has 0 fully saturated rings. The van der Waals surface area contributed by atoms with E-state index in [0.717, 1.165) is 0 Å². The Labute approximate surface area is 141 Å². The molecule has 0 heterocycles. The highest BCUT2D eigenvalue weighted by Gasteiger charge is 2.16. The number of hydrogen-bond donors (Lipinski definition) is 1. The van der Waals surface area contributed by atoms with Crippen LogP contribution in [0.1, 0.15) is 15.9 Å². The molecule has 2 N–H and O–H groups in total. The molecule has 0 bridgehead atoms. The van der Waals surface area contributed by atoms with Crippen LogP contribution in [-0.2, 0) is 11.3 Å². The minimum absolute atomic E-state index is 0.0204. The van der Waals surface area contributed by atoms with Crippen molar-refractivity contribution in [3.63, 3.8) is 0 Å². The number of nitrogens with two attached hydrogens (primary N) is 1. The maximum Gasteiger partial charge on any atom is 0.387 e. The van der Waals surface area contributed by atoms with Crippen molar-refractivity contribution in [1.82, 2.24) is 0 Å². The maximum absolute atomic E-state index is 12.1. The minimum atomic E-state index is -2.89. The van der Waals surface area contributed by atoms with E-state index in [1.165, 1.54) is 43.5 Å². The molecule has 0 aliphatic carbocycles. The van der Waals surface area contributed by atoms with E-state index in [9.17, 15) is 13.6 Å². The lowest BCUT2D eigenvalue weighted by atomic mass is 10.2. The fraction of sp³-hybridized carbons (Fsp3) is 0.188. The van der Waals surface area contributed by atoms with Crippen LogP contribution in [-0.4, -0.2) is 19.7 Å². The first-order chi connectivity index (χ1) is 11.4. The van der Waals surface area contributed by atoms with E-state index < -0.39 is 12.6 Å². The van der Waals surface area contributed by atoms with Gasteiger partial charge < -0.3 is 19.9 Å². The van der Waals surface area contributed by atoms with Crippen LogP contribution in [0.15, 0.2) is 36.4 Å². The summed E-state index contributed by atoms with van der Waals surface area (Å²) in [5, 5.41) is 0.205. The monoisotopic (exact) mass is 357 g/mol. The fourth-order valence-electron chi connectivity index (χ4n) is 1.89. The lowest BCUT2D eigenvalue weighted by Crippen LogP contribution is -2.08. The molecule has 0 aliphatic rings. The molecule has 0 radical (unpaired) electrons. The second kappa shape index (κ2) is 7.83. The number of rotatable bonds is 6. The molecule has 128 valence electrons. The van der Waals surface area contributed by atoms with Crippen LogP contribution in [0.2, 0.25) is 5.02 Å². The number of benzene rings is 2. The van der Waals surface area contributed by atoms with Gasteiger partial charge >= 0.3 is 12.6 Å². The Kier molecular flexibility index (Phi) is 5.81. The average molecular weight is 358 g/mol. The highest BCUT2D eigenvalue weighted by Crippen LogP contribution is 2.29. The van der Waals surface area contributed by atoms with E-state index in [0.29, 0.717) is 5.56 Å². The van der Waals surface area contributed by atoms with Gasteiger partial charge in [-0.15, -0.1) is 0 Å². The van der Waals surface area contributed by atoms with Crippen LogP contribution in [0, 0.1) is 0 Å². The first-order valence-electron chi connectivity index (χ1n) is 6.74. The molecular formula is C16H14ClF2NO4. The van der Waals surface area contributed by atoms with Crippen molar-refractivity contribution in [1.29, 1.82) is 0 Å². The van der Waals surface area contributed by atoms with Gasteiger partial charge in [-0.1, -0.05) is 23.7 Å². The van der Waals surface area contributed by atoms with Crippen molar-refractivity contribution in [2.24, 2.45) is 0 Å². The smallest absolute Gasteiger partial charge is 0.387 e. The normalized spacial score (nSPS) is 10.5. The topological polar surface area (TPSA) is 70.8 Å². The van der Waals surface area contributed by atoms with Gasteiger partial charge in [0.2, 0.25) is 0 Å². The highest BCUT2D eigenvalue weighted by molar-refractivity contribution is 6.33. The molecule has 0 saturated heterocycles. The Morgan fingerprint density at radius 1 is 1.25 bits per heavy atom.